The highest BCUT2D eigenvalue weighted by atomic mass is 16.5. The molecule has 6 heteroatoms. The number of aliphatic hydroxyl groups is 1. The standard InChI is InChI=1S/C16H27N3O3/c1-5-17-16(19-12(2)3)18-11-13-6-7-14(22-9-8-20)15(10-13)21-4/h6-7,10,12,20H,5,8-9,11H2,1-4H3,(H2,17,18,19). The van der Waals surface area contributed by atoms with Crippen molar-refractivity contribution in [1.82, 2.24) is 10.6 Å². The van der Waals surface area contributed by atoms with Gasteiger partial charge in [0.2, 0.25) is 0 Å². The van der Waals surface area contributed by atoms with E-state index >= 15 is 0 Å². The van der Waals surface area contributed by atoms with Gasteiger partial charge in [-0.1, -0.05) is 6.07 Å². The minimum atomic E-state index is -0.0257. The van der Waals surface area contributed by atoms with Crippen molar-refractivity contribution < 1.29 is 14.6 Å². The van der Waals surface area contributed by atoms with Crippen molar-refractivity contribution in [1.29, 1.82) is 0 Å². The van der Waals surface area contributed by atoms with Crippen LogP contribution in [0.5, 0.6) is 11.5 Å². The lowest BCUT2D eigenvalue weighted by Gasteiger charge is -2.14. The number of methoxy groups -OCH3 is 1. The number of benzene rings is 1. The van der Waals surface area contributed by atoms with E-state index in [2.05, 4.69) is 29.5 Å². The molecular formula is C16H27N3O3. The van der Waals surface area contributed by atoms with E-state index in [1.807, 2.05) is 25.1 Å². The Bertz CT molecular complexity index is 476. The molecule has 6 nitrogen and oxygen atoms in total. The molecular weight excluding hydrogens is 282 g/mol. The fourth-order valence-electron chi connectivity index (χ4n) is 1.85. The number of nitrogens with zero attached hydrogens (tertiary/aromatic N) is 1. The zero-order valence-corrected chi connectivity index (χ0v) is 13.8. The Morgan fingerprint density at radius 2 is 2.09 bits per heavy atom. The zero-order chi connectivity index (χ0) is 16.4. The quantitative estimate of drug-likeness (QED) is 0.501. The van der Waals surface area contributed by atoms with Gasteiger partial charge in [0.05, 0.1) is 20.3 Å². The minimum Gasteiger partial charge on any atom is -0.493 e. The highest BCUT2D eigenvalue weighted by molar-refractivity contribution is 5.80. The fourth-order valence-corrected chi connectivity index (χ4v) is 1.85. The molecule has 0 aliphatic heterocycles. The topological polar surface area (TPSA) is 75.1 Å². The second kappa shape index (κ2) is 9.89. The molecule has 0 spiro atoms. The van der Waals surface area contributed by atoms with Crippen LogP contribution in [0.15, 0.2) is 23.2 Å². The van der Waals surface area contributed by atoms with E-state index in [1.165, 1.54) is 0 Å². The molecule has 1 rings (SSSR count). The van der Waals surface area contributed by atoms with E-state index in [9.17, 15) is 0 Å². The van der Waals surface area contributed by atoms with Crippen LogP contribution in [-0.4, -0.2) is 44.0 Å². The molecule has 3 N–H and O–H groups in total. The SMILES string of the molecule is CCNC(=NCc1ccc(OCCO)c(OC)c1)NC(C)C. The summed E-state index contributed by atoms with van der Waals surface area (Å²) in [6.07, 6.45) is 0. The Labute approximate surface area is 132 Å². The van der Waals surface area contributed by atoms with Gasteiger partial charge in [0.1, 0.15) is 6.61 Å². The molecule has 124 valence electrons. The molecule has 0 fully saturated rings. The van der Waals surface area contributed by atoms with Crippen LogP contribution in [-0.2, 0) is 6.54 Å². The van der Waals surface area contributed by atoms with Crippen LogP contribution >= 0.6 is 0 Å². The normalized spacial score (nSPS) is 11.5. The van der Waals surface area contributed by atoms with Crippen molar-refractivity contribution in [2.24, 2.45) is 4.99 Å². The lowest BCUT2D eigenvalue weighted by Crippen LogP contribution is -2.40. The summed E-state index contributed by atoms with van der Waals surface area (Å²) >= 11 is 0. The molecule has 0 aromatic heterocycles. The number of hydrogen-bond acceptors (Lipinski definition) is 4. The summed E-state index contributed by atoms with van der Waals surface area (Å²) < 4.78 is 10.7. The van der Waals surface area contributed by atoms with Gasteiger partial charge >= 0.3 is 0 Å². The highest BCUT2D eigenvalue weighted by Crippen LogP contribution is 2.28. The average Bonchev–Trinajstić information content (AvgIpc) is 2.50. The van der Waals surface area contributed by atoms with Gasteiger partial charge in [-0.05, 0) is 38.5 Å². The maximum Gasteiger partial charge on any atom is 0.191 e. The summed E-state index contributed by atoms with van der Waals surface area (Å²) in [5.74, 6) is 2.05. The van der Waals surface area contributed by atoms with Crippen molar-refractivity contribution in [3.63, 3.8) is 0 Å². The van der Waals surface area contributed by atoms with Gasteiger partial charge in [-0.3, -0.25) is 0 Å². The van der Waals surface area contributed by atoms with E-state index in [0.29, 0.717) is 24.1 Å². The first-order valence-electron chi connectivity index (χ1n) is 7.56. The van der Waals surface area contributed by atoms with Crippen LogP contribution in [0.25, 0.3) is 0 Å². The Kier molecular flexibility index (Phi) is 8.14. The number of aliphatic imine (C=N–C) groups is 1. The first-order valence-corrected chi connectivity index (χ1v) is 7.56. The molecule has 0 aliphatic carbocycles. The predicted molar refractivity (Wildman–Crippen MR) is 88.7 cm³/mol. The number of nitrogens with one attached hydrogen (secondary N) is 2. The van der Waals surface area contributed by atoms with Gasteiger partial charge in [-0.15, -0.1) is 0 Å². The van der Waals surface area contributed by atoms with Crippen molar-refractivity contribution in [2.75, 3.05) is 26.9 Å². The summed E-state index contributed by atoms with van der Waals surface area (Å²) in [6, 6.07) is 6.00. The summed E-state index contributed by atoms with van der Waals surface area (Å²) in [6.45, 7) is 7.76. The molecule has 0 atom stereocenters. The number of guanidine groups is 1. The van der Waals surface area contributed by atoms with Crippen molar-refractivity contribution in [3.05, 3.63) is 23.8 Å². The molecule has 0 aliphatic rings. The molecule has 0 radical (unpaired) electrons. The van der Waals surface area contributed by atoms with Gasteiger partial charge in [0, 0.05) is 12.6 Å². The third-order valence-corrected chi connectivity index (χ3v) is 2.77. The van der Waals surface area contributed by atoms with Gasteiger partial charge < -0.3 is 25.2 Å². The Morgan fingerprint density at radius 1 is 1.32 bits per heavy atom. The molecule has 0 unspecified atom stereocenters. The summed E-state index contributed by atoms with van der Waals surface area (Å²) in [7, 11) is 1.60. The number of aliphatic hydroxyl groups excluding tert-OH is 1. The first-order chi connectivity index (χ1) is 10.6. The minimum absolute atomic E-state index is 0.0257. The Balaban J connectivity index is 2.79. The van der Waals surface area contributed by atoms with Crippen molar-refractivity contribution in [2.45, 2.75) is 33.4 Å². The third kappa shape index (κ3) is 6.22. The van der Waals surface area contributed by atoms with E-state index in [1.54, 1.807) is 7.11 Å². The molecule has 0 heterocycles. The molecule has 1 aromatic rings. The van der Waals surface area contributed by atoms with Gasteiger partial charge in [-0.2, -0.15) is 0 Å². The Hall–Kier alpha value is -1.95. The van der Waals surface area contributed by atoms with E-state index < -0.39 is 0 Å². The molecule has 0 saturated heterocycles. The van der Waals surface area contributed by atoms with Crippen LogP contribution in [0, 0.1) is 0 Å². The van der Waals surface area contributed by atoms with Gasteiger partial charge in [0.25, 0.3) is 0 Å². The van der Waals surface area contributed by atoms with E-state index in [4.69, 9.17) is 14.6 Å². The number of rotatable bonds is 8. The molecule has 0 bridgehead atoms. The monoisotopic (exact) mass is 309 g/mol. The number of ether oxygens (including phenoxy) is 2. The second-order valence-corrected chi connectivity index (χ2v) is 5.05. The van der Waals surface area contributed by atoms with Crippen LogP contribution in [0.4, 0.5) is 0 Å². The Morgan fingerprint density at radius 3 is 2.68 bits per heavy atom. The first kappa shape index (κ1) is 18.1. The van der Waals surface area contributed by atoms with Crippen LogP contribution in [0.1, 0.15) is 26.3 Å². The highest BCUT2D eigenvalue weighted by Gasteiger charge is 2.06. The lowest BCUT2D eigenvalue weighted by molar-refractivity contribution is 0.196. The lowest BCUT2D eigenvalue weighted by atomic mass is 10.2. The maximum absolute atomic E-state index is 8.82. The summed E-state index contributed by atoms with van der Waals surface area (Å²) in [5.41, 5.74) is 1.02. The summed E-state index contributed by atoms with van der Waals surface area (Å²) in [4.78, 5) is 4.55. The van der Waals surface area contributed by atoms with Crippen LogP contribution in [0.2, 0.25) is 0 Å². The van der Waals surface area contributed by atoms with Crippen LogP contribution in [0.3, 0.4) is 0 Å². The predicted octanol–water partition coefficient (Wildman–Crippen LogP) is 1.53. The number of hydrogen-bond donors (Lipinski definition) is 3. The van der Waals surface area contributed by atoms with Crippen LogP contribution < -0.4 is 20.1 Å². The molecule has 0 amide bonds. The average molecular weight is 309 g/mol. The third-order valence-electron chi connectivity index (χ3n) is 2.77. The van der Waals surface area contributed by atoms with Crippen molar-refractivity contribution in [3.8, 4) is 11.5 Å². The van der Waals surface area contributed by atoms with E-state index in [0.717, 1.165) is 18.1 Å². The molecule has 22 heavy (non-hydrogen) atoms. The molecule has 0 saturated carbocycles. The van der Waals surface area contributed by atoms with E-state index in [-0.39, 0.29) is 13.2 Å². The second-order valence-electron chi connectivity index (χ2n) is 5.05. The fraction of sp³-hybridized carbons (Fsp3) is 0.562. The molecule has 1 aromatic carbocycles. The van der Waals surface area contributed by atoms with Gasteiger partial charge in [-0.25, -0.2) is 4.99 Å². The maximum atomic E-state index is 8.82. The largest absolute Gasteiger partial charge is 0.493 e. The van der Waals surface area contributed by atoms with Gasteiger partial charge in [0.15, 0.2) is 17.5 Å². The summed E-state index contributed by atoms with van der Waals surface area (Å²) in [5, 5.41) is 15.3. The zero-order valence-electron chi connectivity index (χ0n) is 13.8. The smallest absolute Gasteiger partial charge is 0.191 e. The van der Waals surface area contributed by atoms with Crippen molar-refractivity contribution >= 4 is 5.96 Å².